The summed E-state index contributed by atoms with van der Waals surface area (Å²) in [6.45, 7) is 3.05. The number of hydrogen-bond acceptors (Lipinski definition) is 3. The van der Waals surface area contributed by atoms with Crippen LogP contribution < -0.4 is 4.37 Å². The van der Waals surface area contributed by atoms with Gasteiger partial charge in [-0.3, -0.25) is 0 Å². The van der Waals surface area contributed by atoms with E-state index in [1.807, 2.05) is 0 Å². The number of halogens is 1. The van der Waals surface area contributed by atoms with Gasteiger partial charge in [-0.1, -0.05) is 0 Å². The fourth-order valence-electron chi connectivity index (χ4n) is 1.46. The summed E-state index contributed by atoms with van der Waals surface area (Å²) < 4.78 is 13.6. The zero-order chi connectivity index (χ0) is 10.4. The van der Waals surface area contributed by atoms with Crippen LogP contribution in [0.2, 0.25) is 5.02 Å². The van der Waals surface area contributed by atoms with Gasteiger partial charge in [0.2, 0.25) is 0 Å². The van der Waals surface area contributed by atoms with Gasteiger partial charge in [-0.25, -0.2) is 0 Å². The number of aromatic nitrogens is 3. The number of nitrogens with zero attached hydrogens (tertiary/aromatic N) is 3. The number of hydrogen-bond donors (Lipinski definition) is 0. The summed E-state index contributed by atoms with van der Waals surface area (Å²) in [5.41, 5.74) is 1.05. The van der Waals surface area contributed by atoms with E-state index in [0.717, 1.165) is 22.9 Å². The Balaban J connectivity index is 2.65. The van der Waals surface area contributed by atoms with Gasteiger partial charge < -0.3 is 0 Å². The molecule has 3 nitrogen and oxygen atoms in total. The van der Waals surface area contributed by atoms with E-state index in [1.54, 1.807) is 19.8 Å². The molecule has 0 unspecified atom stereocenters. The van der Waals surface area contributed by atoms with Gasteiger partial charge >= 0.3 is 110 Å². The molecule has 80 valence electrons. The molecule has 15 heavy (non-hydrogen) atoms. The summed E-state index contributed by atoms with van der Waals surface area (Å²) in [4.78, 5) is 0. The predicted octanol–water partition coefficient (Wildman–Crippen LogP) is 1.70. The number of fused-ring (bicyclic) bond motifs is 1. The fourth-order valence-corrected chi connectivity index (χ4v) is 9.47. The maximum atomic E-state index is 6.40. The normalized spacial score (nSPS) is 11.6. The van der Waals surface area contributed by atoms with Crippen LogP contribution in [-0.2, 0) is 6.54 Å². The van der Waals surface area contributed by atoms with E-state index in [2.05, 4.69) is 20.2 Å². The molecule has 0 fully saturated rings. The second-order valence-electron chi connectivity index (χ2n) is 2.86. The van der Waals surface area contributed by atoms with Crippen molar-refractivity contribution in [1.82, 2.24) is 13.3 Å². The number of rotatable bonds is 1. The molecule has 0 radical (unpaired) electrons. The third-order valence-corrected chi connectivity index (χ3v) is 9.58. The molecule has 0 atom stereocenters. The van der Waals surface area contributed by atoms with Crippen molar-refractivity contribution >= 4 is 58.1 Å². The Kier molecular flexibility index (Phi) is 2.90. The fraction of sp³-hybridized carbons (Fsp3) is 0.286. The van der Waals surface area contributed by atoms with E-state index in [1.165, 1.54) is 8.53 Å². The zero-order valence-electron chi connectivity index (χ0n) is 7.56. The van der Waals surface area contributed by atoms with Crippen molar-refractivity contribution in [1.29, 1.82) is 0 Å². The van der Waals surface area contributed by atoms with Crippen molar-refractivity contribution in [3.63, 3.8) is 0 Å². The molecule has 0 spiro atoms. The van der Waals surface area contributed by atoms with Gasteiger partial charge in [0.05, 0.1) is 0 Å². The first kappa shape index (κ1) is 10.7. The third kappa shape index (κ3) is 1.53. The third-order valence-electron chi connectivity index (χ3n) is 2.12. The molecule has 3 heterocycles. The average molecular weight is 389 g/mol. The summed E-state index contributed by atoms with van der Waals surface area (Å²) in [7, 11) is 3.28. The Morgan fingerprint density at radius 2 is 2.40 bits per heavy atom. The van der Waals surface area contributed by atoms with E-state index < -0.39 is 0 Å². The van der Waals surface area contributed by atoms with Crippen LogP contribution in [-0.4, -0.2) is 35.6 Å². The van der Waals surface area contributed by atoms with E-state index in [9.17, 15) is 0 Å². The molecule has 0 bridgehead atoms. The second kappa shape index (κ2) is 4.07. The Hall–Kier alpha value is 0.519. The monoisotopic (exact) mass is 390 g/mol. The summed E-state index contributed by atoms with van der Waals surface area (Å²) in [6.07, 6.45) is 0. The van der Waals surface area contributed by atoms with Crippen molar-refractivity contribution in [3.8, 4) is 10.3 Å². The molecular weight excluding hydrogens is 384 g/mol. The van der Waals surface area contributed by atoms with Gasteiger partial charge in [0.15, 0.2) is 0 Å². The minimum absolute atomic E-state index is 0.349. The molecule has 0 saturated carbocycles. The molecule has 0 amide bonds. The first-order valence-electron chi connectivity index (χ1n) is 4.21. The van der Waals surface area contributed by atoms with E-state index in [0.29, 0.717) is 26.7 Å². The van der Waals surface area contributed by atoms with Crippen LogP contribution in [0.25, 0.3) is 10.3 Å². The summed E-state index contributed by atoms with van der Waals surface area (Å²) in [6, 6.07) is 0. The van der Waals surface area contributed by atoms with E-state index >= 15 is 0 Å². The van der Waals surface area contributed by atoms with Crippen LogP contribution in [0.1, 0.15) is 6.92 Å². The van der Waals surface area contributed by atoms with Gasteiger partial charge in [0.25, 0.3) is 0 Å². The molecule has 0 aromatic carbocycles. The summed E-state index contributed by atoms with van der Waals surface area (Å²) in [5.74, 6) is 1.05. The van der Waals surface area contributed by atoms with Gasteiger partial charge in [-0.05, 0) is 0 Å². The maximum absolute atomic E-state index is 6.40. The van der Waals surface area contributed by atoms with Crippen LogP contribution in [0.5, 0.6) is 0 Å². The zero-order valence-corrected chi connectivity index (χ0v) is 13.4. The van der Waals surface area contributed by atoms with Gasteiger partial charge in [-0.2, -0.15) is 0 Å². The van der Waals surface area contributed by atoms with E-state index in [-0.39, 0.29) is 0 Å². The van der Waals surface area contributed by atoms with Crippen LogP contribution >= 0.6 is 31.4 Å². The van der Waals surface area contributed by atoms with Gasteiger partial charge in [-0.15, -0.1) is 0 Å². The first-order valence-corrected chi connectivity index (χ1v) is 11.9. The van der Waals surface area contributed by atoms with Crippen molar-refractivity contribution in [2.24, 2.45) is 0 Å². The molecule has 0 saturated heterocycles. The topological polar surface area (TPSA) is 31.9 Å². The predicted molar refractivity (Wildman–Crippen MR) is 65.4 cm³/mol. The molecule has 3 rings (SSSR count). The van der Waals surface area contributed by atoms with Crippen LogP contribution in [0, 0.1) is 9.57 Å². The van der Waals surface area contributed by atoms with Crippen molar-refractivity contribution in [2.45, 2.75) is 13.5 Å². The van der Waals surface area contributed by atoms with Crippen molar-refractivity contribution < 1.29 is 0 Å². The Labute approximate surface area is 109 Å². The molecule has 3 aliphatic rings. The average Bonchev–Trinajstić information content (AvgIpc) is 2.85. The van der Waals surface area contributed by atoms with Crippen molar-refractivity contribution in [3.05, 3.63) is 14.6 Å². The summed E-state index contributed by atoms with van der Waals surface area (Å²) >= 11 is 7.10. The molecule has 8 heteroatoms. The second-order valence-corrected chi connectivity index (χ2v) is 9.92. The minimum atomic E-state index is 0.349. The van der Waals surface area contributed by atoms with Crippen LogP contribution in [0.3, 0.4) is 0 Å². The molecule has 0 aliphatic carbocycles. The van der Waals surface area contributed by atoms with Gasteiger partial charge in [0.1, 0.15) is 0 Å². The molecule has 0 aromatic rings. The van der Waals surface area contributed by atoms with Gasteiger partial charge in [0, 0.05) is 0 Å². The van der Waals surface area contributed by atoms with Crippen LogP contribution in [0.15, 0.2) is 0 Å². The molecular formula is C7H5ClN3S2Se2-. The standard InChI is InChI=1S/C7H5ClN3S2Se2/c1-2-11-6-4(14-12-9-6)3(8)5-7(11)10-13-15-5/h2H2,1H3/q-1. The van der Waals surface area contributed by atoms with Crippen molar-refractivity contribution in [2.75, 3.05) is 0 Å². The van der Waals surface area contributed by atoms with Crippen LogP contribution in [0.4, 0.5) is 0 Å². The Bertz CT molecular complexity index is 651. The molecule has 0 N–H and O–H groups in total. The molecule has 0 aromatic heterocycles. The first-order chi connectivity index (χ1) is 7.33. The summed E-state index contributed by atoms with van der Waals surface area (Å²) in [5, 5.41) is 0.937. The molecule has 3 aliphatic heterocycles. The Morgan fingerprint density at radius 3 is 3.20 bits per heavy atom. The van der Waals surface area contributed by atoms with E-state index in [4.69, 9.17) is 11.6 Å². The SMILES string of the molecule is CCn1c2ns[se]c-2c(Cl)c2[se]s[n-]c1=2. The quantitative estimate of drug-likeness (QED) is 0.595. The Morgan fingerprint density at radius 1 is 1.53 bits per heavy atom.